The van der Waals surface area contributed by atoms with Crippen LogP contribution < -0.4 is 0 Å². The highest BCUT2D eigenvalue weighted by Crippen LogP contribution is 2.13. The minimum Gasteiger partial charge on any atom is -0.462 e. The van der Waals surface area contributed by atoms with Crippen LogP contribution >= 0.6 is 0 Å². The molecule has 0 spiro atoms. The number of hydrogen-bond donors (Lipinski definition) is 0. The lowest BCUT2D eigenvalue weighted by molar-refractivity contribution is 0.0449. The molecule has 0 aliphatic rings. The summed E-state index contributed by atoms with van der Waals surface area (Å²) in [7, 11) is 4.13. The fourth-order valence-corrected chi connectivity index (χ4v) is 2.61. The van der Waals surface area contributed by atoms with Crippen LogP contribution in [0.2, 0.25) is 0 Å². The molecule has 0 saturated carbocycles. The number of ether oxygens (including phenoxy) is 2. The molecule has 0 unspecified atom stereocenters. The van der Waals surface area contributed by atoms with Crippen LogP contribution in [-0.4, -0.2) is 75.2 Å². The summed E-state index contributed by atoms with van der Waals surface area (Å²) in [6.45, 7) is 8.89. The van der Waals surface area contributed by atoms with E-state index in [2.05, 4.69) is 37.7 Å². The number of nitrogens with zero attached hydrogens (tertiary/aromatic N) is 2. The van der Waals surface area contributed by atoms with Gasteiger partial charge in [-0.25, -0.2) is 9.59 Å². The first-order chi connectivity index (χ1) is 13.5. The van der Waals surface area contributed by atoms with Gasteiger partial charge in [-0.15, -0.1) is 0 Å². The summed E-state index contributed by atoms with van der Waals surface area (Å²) < 4.78 is 10.7. The molecule has 0 bridgehead atoms. The first-order valence-electron chi connectivity index (χ1n) is 10.3. The molecule has 0 amide bonds. The first-order valence-corrected chi connectivity index (χ1v) is 10.3. The molecule has 0 aliphatic heterocycles. The van der Waals surface area contributed by atoms with Gasteiger partial charge >= 0.3 is 11.9 Å². The van der Waals surface area contributed by atoms with Crippen molar-refractivity contribution in [2.24, 2.45) is 0 Å². The average molecular weight is 393 g/mol. The lowest BCUT2D eigenvalue weighted by atomic mass is 10.1. The maximum Gasteiger partial charge on any atom is 0.339 e. The molecule has 1 aromatic rings. The van der Waals surface area contributed by atoms with Gasteiger partial charge < -0.3 is 19.3 Å². The molecule has 1 rings (SSSR count). The Morgan fingerprint density at radius 2 is 1.14 bits per heavy atom. The Kier molecular flexibility index (Phi) is 12.2. The lowest BCUT2D eigenvalue weighted by Crippen LogP contribution is -2.20. The van der Waals surface area contributed by atoms with E-state index in [9.17, 15) is 9.59 Å². The van der Waals surface area contributed by atoms with Gasteiger partial charge in [0.05, 0.1) is 24.3 Å². The average Bonchev–Trinajstić information content (AvgIpc) is 2.72. The Morgan fingerprint density at radius 3 is 1.50 bits per heavy atom. The van der Waals surface area contributed by atoms with Gasteiger partial charge in [0.1, 0.15) is 0 Å². The van der Waals surface area contributed by atoms with Crippen molar-refractivity contribution < 1.29 is 19.1 Å². The van der Waals surface area contributed by atoms with Crippen LogP contribution in [0.1, 0.15) is 60.2 Å². The smallest absolute Gasteiger partial charge is 0.339 e. The standard InChI is InChI=1S/C22H36N2O4/c1-5-23(3)15-9-11-17-27-21(25)19-13-7-8-14-20(19)22(26)28-18-12-10-16-24(4)6-2/h7-8,13-14H,5-6,9-12,15-18H2,1-4H3. The maximum absolute atomic E-state index is 12.4. The largest absolute Gasteiger partial charge is 0.462 e. The van der Waals surface area contributed by atoms with Crippen LogP contribution in [0.15, 0.2) is 24.3 Å². The zero-order valence-electron chi connectivity index (χ0n) is 17.9. The molecule has 158 valence electrons. The summed E-state index contributed by atoms with van der Waals surface area (Å²) in [6, 6.07) is 6.67. The van der Waals surface area contributed by atoms with Crippen molar-refractivity contribution in [3.8, 4) is 0 Å². The molecule has 0 saturated heterocycles. The van der Waals surface area contributed by atoms with Crippen molar-refractivity contribution in [2.45, 2.75) is 39.5 Å². The molecule has 0 fully saturated rings. The van der Waals surface area contributed by atoms with Crippen molar-refractivity contribution in [3.63, 3.8) is 0 Å². The van der Waals surface area contributed by atoms with Crippen molar-refractivity contribution in [1.29, 1.82) is 0 Å². The van der Waals surface area contributed by atoms with E-state index in [0.29, 0.717) is 13.2 Å². The fraction of sp³-hybridized carbons (Fsp3) is 0.636. The Morgan fingerprint density at radius 1 is 0.750 bits per heavy atom. The highest BCUT2D eigenvalue weighted by molar-refractivity contribution is 6.03. The molecule has 6 heteroatoms. The molecule has 6 nitrogen and oxygen atoms in total. The van der Waals surface area contributed by atoms with Gasteiger partial charge in [0, 0.05) is 0 Å². The molecule has 0 aromatic heterocycles. The molecule has 28 heavy (non-hydrogen) atoms. The topological polar surface area (TPSA) is 59.1 Å². The summed E-state index contributed by atoms with van der Waals surface area (Å²) in [4.78, 5) is 29.2. The van der Waals surface area contributed by atoms with E-state index >= 15 is 0 Å². The number of esters is 2. The van der Waals surface area contributed by atoms with Gasteiger partial charge in [0.2, 0.25) is 0 Å². The molecule has 0 atom stereocenters. The van der Waals surface area contributed by atoms with E-state index in [1.54, 1.807) is 24.3 Å². The Labute approximate surface area is 169 Å². The fourth-order valence-electron chi connectivity index (χ4n) is 2.61. The minimum atomic E-state index is -0.471. The predicted molar refractivity (Wildman–Crippen MR) is 112 cm³/mol. The number of rotatable bonds is 14. The highest BCUT2D eigenvalue weighted by Gasteiger charge is 2.18. The highest BCUT2D eigenvalue weighted by atomic mass is 16.5. The SMILES string of the molecule is CCN(C)CCCCOC(=O)c1ccccc1C(=O)OCCCCN(C)CC. The maximum atomic E-state index is 12.4. The number of benzene rings is 1. The second-order valence-electron chi connectivity index (χ2n) is 7.02. The third-order valence-electron chi connectivity index (χ3n) is 4.78. The number of unbranched alkanes of at least 4 members (excludes halogenated alkanes) is 2. The molecular weight excluding hydrogens is 356 g/mol. The Balaban J connectivity index is 2.43. The third-order valence-corrected chi connectivity index (χ3v) is 4.78. The molecule has 0 N–H and O–H groups in total. The molecule has 0 aliphatic carbocycles. The van der Waals surface area contributed by atoms with E-state index in [1.807, 2.05) is 0 Å². The lowest BCUT2D eigenvalue weighted by Gasteiger charge is -2.14. The van der Waals surface area contributed by atoms with Gasteiger partial charge in [-0.1, -0.05) is 26.0 Å². The Hall–Kier alpha value is -1.92. The molecular formula is C22H36N2O4. The van der Waals surface area contributed by atoms with E-state index in [4.69, 9.17) is 9.47 Å². The van der Waals surface area contributed by atoms with Gasteiger partial charge in [-0.05, 0) is 78.1 Å². The van der Waals surface area contributed by atoms with Crippen LogP contribution in [-0.2, 0) is 9.47 Å². The molecule has 0 heterocycles. The van der Waals surface area contributed by atoms with E-state index in [-0.39, 0.29) is 11.1 Å². The third kappa shape index (κ3) is 9.33. The van der Waals surface area contributed by atoms with E-state index in [0.717, 1.165) is 51.9 Å². The first kappa shape index (κ1) is 24.1. The second kappa shape index (κ2) is 14.1. The van der Waals surface area contributed by atoms with Crippen LogP contribution in [0.25, 0.3) is 0 Å². The summed E-state index contributed by atoms with van der Waals surface area (Å²) in [6.07, 6.45) is 3.53. The van der Waals surface area contributed by atoms with Gasteiger partial charge in [0.15, 0.2) is 0 Å². The van der Waals surface area contributed by atoms with Crippen LogP contribution in [0.3, 0.4) is 0 Å². The number of carbonyl (C=O) groups is 2. The quantitative estimate of drug-likeness (QED) is 0.357. The number of hydrogen-bond acceptors (Lipinski definition) is 6. The van der Waals surface area contributed by atoms with E-state index < -0.39 is 11.9 Å². The zero-order chi connectivity index (χ0) is 20.8. The summed E-state index contributed by atoms with van der Waals surface area (Å²) in [5.41, 5.74) is 0.535. The zero-order valence-corrected chi connectivity index (χ0v) is 17.9. The molecule has 1 aromatic carbocycles. The van der Waals surface area contributed by atoms with Crippen LogP contribution in [0.5, 0.6) is 0 Å². The van der Waals surface area contributed by atoms with Crippen LogP contribution in [0.4, 0.5) is 0 Å². The van der Waals surface area contributed by atoms with E-state index in [1.165, 1.54) is 0 Å². The predicted octanol–water partition coefficient (Wildman–Crippen LogP) is 3.46. The minimum absolute atomic E-state index is 0.267. The van der Waals surface area contributed by atoms with Crippen molar-refractivity contribution in [2.75, 3.05) is 53.5 Å². The van der Waals surface area contributed by atoms with Crippen molar-refractivity contribution in [3.05, 3.63) is 35.4 Å². The van der Waals surface area contributed by atoms with Gasteiger partial charge in [-0.3, -0.25) is 0 Å². The van der Waals surface area contributed by atoms with Crippen molar-refractivity contribution >= 4 is 11.9 Å². The summed E-state index contributed by atoms with van der Waals surface area (Å²) in [5, 5.41) is 0. The Bertz CT molecular complexity index is 541. The summed E-state index contributed by atoms with van der Waals surface area (Å²) >= 11 is 0. The van der Waals surface area contributed by atoms with Crippen LogP contribution in [0, 0.1) is 0 Å². The summed E-state index contributed by atoms with van der Waals surface area (Å²) in [5.74, 6) is -0.943. The molecule has 0 radical (unpaired) electrons. The number of carbonyl (C=O) groups excluding carboxylic acids is 2. The monoisotopic (exact) mass is 392 g/mol. The normalized spacial score (nSPS) is 11.1. The van der Waals surface area contributed by atoms with Crippen molar-refractivity contribution in [1.82, 2.24) is 9.80 Å². The second-order valence-corrected chi connectivity index (χ2v) is 7.02. The van der Waals surface area contributed by atoms with Gasteiger partial charge in [0.25, 0.3) is 0 Å². The van der Waals surface area contributed by atoms with Gasteiger partial charge in [-0.2, -0.15) is 0 Å².